The number of rotatable bonds is 3. The van der Waals surface area contributed by atoms with E-state index in [9.17, 15) is 13.2 Å². The van der Waals surface area contributed by atoms with Gasteiger partial charge in [0.2, 0.25) is 0 Å². The minimum atomic E-state index is -4.20. The maximum atomic E-state index is 12.2. The Balaban J connectivity index is 1.90. The number of thioether (sulfide) groups is 1. The normalized spacial score (nSPS) is 17.9. The minimum absolute atomic E-state index is 0.0545. The van der Waals surface area contributed by atoms with Crippen molar-refractivity contribution in [2.24, 2.45) is 5.92 Å². The van der Waals surface area contributed by atoms with Gasteiger partial charge in [0.15, 0.2) is 0 Å². The number of alkyl halides is 3. The van der Waals surface area contributed by atoms with Crippen LogP contribution in [0.2, 0.25) is 0 Å². The van der Waals surface area contributed by atoms with Crippen molar-refractivity contribution in [1.82, 2.24) is 5.32 Å². The second kappa shape index (κ2) is 5.97. The third-order valence-electron chi connectivity index (χ3n) is 3.14. The van der Waals surface area contributed by atoms with Crippen LogP contribution in [-0.4, -0.2) is 18.6 Å². The van der Waals surface area contributed by atoms with Gasteiger partial charge >= 0.3 is 5.51 Å². The van der Waals surface area contributed by atoms with Crippen molar-refractivity contribution >= 4 is 11.8 Å². The van der Waals surface area contributed by atoms with Crippen LogP contribution in [0.5, 0.6) is 0 Å². The van der Waals surface area contributed by atoms with E-state index in [1.807, 2.05) is 12.1 Å². The van der Waals surface area contributed by atoms with Crippen LogP contribution in [-0.2, 0) is 6.42 Å². The number of nitrogens with one attached hydrogen (secondary N) is 1. The third kappa shape index (κ3) is 4.53. The smallest absolute Gasteiger partial charge is 0.317 e. The zero-order chi connectivity index (χ0) is 13.0. The minimum Gasteiger partial charge on any atom is -0.317 e. The van der Waals surface area contributed by atoms with Crippen LogP contribution in [0.4, 0.5) is 13.2 Å². The van der Waals surface area contributed by atoms with Crippen LogP contribution >= 0.6 is 11.8 Å². The number of hydrogen-bond acceptors (Lipinski definition) is 2. The number of halogens is 3. The van der Waals surface area contributed by atoms with Gasteiger partial charge in [0.25, 0.3) is 0 Å². The highest BCUT2D eigenvalue weighted by molar-refractivity contribution is 8.00. The van der Waals surface area contributed by atoms with E-state index >= 15 is 0 Å². The fraction of sp³-hybridized carbons (Fsp3) is 0.538. The monoisotopic (exact) mass is 275 g/mol. The molecule has 1 aromatic carbocycles. The van der Waals surface area contributed by atoms with Crippen molar-refractivity contribution in [2.45, 2.75) is 29.7 Å². The molecule has 0 amide bonds. The Kier molecular flexibility index (Phi) is 4.56. The summed E-state index contributed by atoms with van der Waals surface area (Å²) >= 11 is -0.0545. The van der Waals surface area contributed by atoms with Gasteiger partial charge in [-0.1, -0.05) is 12.1 Å². The summed E-state index contributed by atoms with van der Waals surface area (Å²) in [4.78, 5) is 0.261. The lowest BCUT2D eigenvalue weighted by atomic mass is 9.91. The lowest BCUT2D eigenvalue weighted by Crippen LogP contribution is -2.28. The summed E-state index contributed by atoms with van der Waals surface area (Å²) in [6, 6.07) is 6.76. The summed E-state index contributed by atoms with van der Waals surface area (Å²) in [7, 11) is 0. The van der Waals surface area contributed by atoms with Gasteiger partial charge in [-0.15, -0.1) is 0 Å². The van der Waals surface area contributed by atoms with E-state index in [-0.39, 0.29) is 16.7 Å². The highest BCUT2D eigenvalue weighted by Crippen LogP contribution is 2.36. The van der Waals surface area contributed by atoms with Gasteiger partial charge in [0.1, 0.15) is 0 Å². The Morgan fingerprint density at radius 1 is 1.11 bits per heavy atom. The van der Waals surface area contributed by atoms with Crippen LogP contribution in [0.15, 0.2) is 29.2 Å². The van der Waals surface area contributed by atoms with Gasteiger partial charge in [-0.3, -0.25) is 0 Å². The molecule has 1 aliphatic heterocycles. The van der Waals surface area contributed by atoms with Crippen molar-refractivity contribution < 1.29 is 13.2 Å². The Labute approximate surface area is 109 Å². The molecule has 0 spiro atoms. The third-order valence-corrected chi connectivity index (χ3v) is 3.88. The molecule has 1 N–H and O–H groups in total. The summed E-state index contributed by atoms with van der Waals surface area (Å²) in [6.07, 6.45) is 3.27. The average molecular weight is 275 g/mol. The maximum Gasteiger partial charge on any atom is 0.446 e. The van der Waals surface area contributed by atoms with Crippen molar-refractivity contribution in [1.29, 1.82) is 0 Å². The van der Waals surface area contributed by atoms with Gasteiger partial charge < -0.3 is 5.32 Å². The summed E-state index contributed by atoms with van der Waals surface area (Å²) in [5.41, 5.74) is -3.07. The molecule has 18 heavy (non-hydrogen) atoms. The van der Waals surface area contributed by atoms with Gasteiger partial charge in [-0.25, -0.2) is 0 Å². The molecular weight excluding hydrogens is 259 g/mol. The summed E-state index contributed by atoms with van der Waals surface area (Å²) in [5.74, 6) is 0.660. The summed E-state index contributed by atoms with van der Waals surface area (Å²) in [5, 5.41) is 3.31. The second-order valence-electron chi connectivity index (χ2n) is 4.59. The molecule has 0 atom stereocenters. The Hall–Kier alpha value is -0.680. The highest BCUT2D eigenvalue weighted by Gasteiger charge is 2.29. The van der Waals surface area contributed by atoms with Gasteiger partial charge in [0.05, 0.1) is 0 Å². The molecule has 2 rings (SSSR count). The first-order valence-corrected chi connectivity index (χ1v) is 6.90. The number of hydrogen-bond donors (Lipinski definition) is 1. The summed E-state index contributed by atoms with van der Waals surface area (Å²) < 4.78 is 36.5. The Morgan fingerprint density at radius 3 is 2.28 bits per heavy atom. The Morgan fingerprint density at radius 2 is 1.72 bits per heavy atom. The molecule has 1 saturated heterocycles. The fourth-order valence-corrected chi connectivity index (χ4v) is 2.79. The molecule has 0 aromatic heterocycles. The van der Waals surface area contributed by atoms with Gasteiger partial charge in [0, 0.05) is 4.90 Å². The molecule has 0 saturated carbocycles. The van der Waals surface area contributed by atoms with Gasteiger partial charge in [-0.05, 0) is 67.7 Å². The first kappa shape index (κ1) is 13.7. The van der Waals surface area contributed by atoms with E-state index < -0.39 is 5.51 Å². The van der Waals surface area contributed by atoms with Crippen LogP contribution in [0.25, 0.3) is 0 Å². The molecule has 0 radical (unpaired) electrons. The average Bonchev–Trinajstić information content (AvgIpc) is 2.31. The molecule has 1 aromatic rings. The topological polar surface area (TPSA) is 12.0 Å². The van der Waals surface area contributed by atoms with Crippen LogP contribution in [0.3, 0.4) is 0 Å². The lowest BCUT2D eigenvalue weighted by molar-refractivity contribution is -0.0328. The van der Waals surface area contributed by atoms with Crippen LogP contribution in [0.1, 0.15) is 18.4 Å². The van der Waals surface area contributed by atoms with Crippen molar-refractivity contribution in [3.05, 3.63) is 29.8 Å². The van der Waals surface area contributed by atoms with Crippen LogP contribution < -0.4 is 5.32 Å². The molecule has 5 heteroatoms. The van der Waals surface area contributed by atoms with E-state index in [1.165, 1.54) is 0 Å². The van der Waals surface area contributed by atoms with Gasteiger partial charge in [-0.2, -0.15) is 13.2 Å². The number of benzene rings is 1. The first-order chi connectivity index (χ1) is 8.53. The van der Waals surface area contributed by atoms with E-state index in [4.69, 9.17) is 0 Å². The maximum absolute atomic E-state index is 12.2. The van der Waals surface area contributed by atoms with Crippen molar-refractivity contribution in [2.75, 3.05) is 13.1 Å². The fourth-order valence-electron chi connectivity index (χ4n) is 2.25. The lowest BCUT2D eigenvalue weighted by Gasteiger charge is -2.22. The Bertz CT molecular complexity index is 369. The zero-order valence-corrected chi connectivity index (χ0v) is 10.8. The van der Waals surface area contributed by atoms with Crippen molar-refractivity contribution in [3.63, 3.8) is 0 Å². The molecular formula is C13H16F3NS. The van der Waals surface area contributed by atoms with E-state index in [0.29, 0.717) is 5.92 Å². The van der Waals surface area contributed by atoms with E-state index in [1.54, 1.807) is 12.1 Å². The quantitative estimate of drug-likeness (QED) is 0.841. The second-order valence-corrected chi connectivity index (χ2v) is 5.73. The molecule has 1 aliphatic rings. The van der Waals surface area contributed by atoms with Crippen molar-refractivity contribution in [3.8, 4) is 0 Å². The molecule has 100 valence electrons. The standard InChI is InChI=1S/C13H16F3NS/c14-13(15,16)18-12-3-1-10(2-4-12)9-11-5-7-17-8-6-11/h1-4,11,17H,5-9H2. The van der Waals surface area contributed by atoms with E-state index in [0.717, 1.165) is 37.9 Å². The predicted molar refractivity (Wildman–Crippen MR) is 67.7 cm³/mol. The zero-order valence-electron chi connectivity index (χ0n) is 9.96. The molecule has 0 aliphatic carbocycles. The molecule has 0 bridgehead atoms. The number of piperidine rings is 1. The highest BCUT2D eigenvalue weighted by atomic mass is 32.2. The predicted octanol–water partition coefficient (Wildman–Crippen LogP) is 3.84. The first-order valence-electron chi connectivity index (χ1n) is 6.08. The molecule has 1 heterocycles. The SMILES string of the molecule is FC(F)(F)Sc1ccc(CC2CCNCC2)cc1. The molecule has 1 nitrogen and oxygen atoms in total. The molecule has 0 unspecified atom stereocenters. The molecule has 1 fully saturated rings. The largest absolute Gasteiger partial charge is 0.446 e. The van der Waals surface area contributed by atoms with E-state index in [2.05, 4.69) is 5.32 Å². The summed E-state index contributed by atoms with van der Waals surface area (Å²) in [6.45, 7) is 2.10. The van der Waals surface area contributed by atoms with Crippen LogP contribution in [0, 0.1) is 5.92 Å².